The van der Waals surface area contributed by atoms with Crippen molar-refractivity contribution >= 4 is 23.2 Å². The van der Waals surface area contributed by atoms with Crippen LogP contribution < -0.4 is 4.74 Å². The second-order valence-corrected chi connectivity index (χ2v) is 4.28. The quantitative estimate of drug-likeness (QED) is 0.807. The van der Waals surface area contributed by atoms with Gasteiger partial charge in [-0.25, -0.2) is 0 Å². The van der Waals surface area contributed by atoms with Crippen molar-refractivity contribution in [3.8, 4) is 5.75 Å². The van der Waals surface area contributed by atoms with E-state index in [2.05, 4.69) is 0 Å². The Hall–Kier alpha value is -0.440. The lowest BCUT2D eigenvalue weighted by Gasteiger charge is -2.24. The van der Waals surface area contributed by atoms with Crippen molar-refractivity contribution in [2.75, 3.05) is 13.2 Å². The van der Waals surface area contributed by atoms with E-state index in [1.54, 1.807) is 6.07 Å². The first-order chi connectivity index (χ1) is 6.70. The molecule has 1 N–H and O–H groups in total. The first kappa shape index (κ1) is 10.1. The van der Waals surface area contributed by atoms with Gasteiger partial charge < -0.3 is 9.84 Å². The van der Waals surface area contributed by atoms with E-state index in [9.17, 15) is 0 Å². The summed E-state index contributed by atoms with van der Waals surface area (Å²) in [5.41, 5.74) is 0.979. The van der Waals surface area contributed by atoms with E-state index >= 15 is 0 Å². The second kappa shape index (κ2) is 3.97. The molecule has 0 aromatic heterocycles. The minimum Gasteiger partial charge on any atom is -0.491 e. The van der Waals surface area contributed by atoms with Crippen LogP contribution in [0.25, 0.3) is 0 Å². The maximum atomic E-state index is 9.01. The number of rotatable bonds is 1. The first-order valence-electron chi connectivity index (χ1n) is 4.42. The van der Waals surface area contributed by atoms with Crippen molar-refractivity contribution < 1.29 is 9.84 Å². The molecule has 1 aliphatic rings. The fourth-order valence-electron chi connectivity index (χ4n) is 1.62. The van der Waals surface area contributed by atoms with Crippen LogP contribution in [0.15, 0.2) is 12.1 Å². The van der Waals surface area contributed by atoms with Gasteiger partial charge in [0.15, 0.2) is 0 Å². The molecule has 1 heterocycles. The molecule has 4 heteroatoms. The Morgan fingerprint density at radius 2 is 2.21 bits per heavy atom. The number of benzene rings is 1. The third-order valence-corrected chi connectivity index (χ3v) is 2.81. The van der Waals surface area contributed by atoms with Gasteiger partial charge >= 0.3 is 0 Å². The van der Waals surface area contributed by atoms with Crippen molar-refractivity contribution in [1.29, 1.82) is 0 Å². The van der Waals surface area contributed by atoms with Crippen LogP contribution in [0.5, 0.6) is 5.75 Å². The summed E-state index contributed by atoms with van der Waals surface area (Å²) in [5, 5.41) is 10.2. The zero-order valence-electron chi connectivity index (χ0n) is 7.46. The van der Waals surface area contributed by atoms with E-state index in [1.165, 1.54) is 0 Å². The van der Waals surface area contributed by atoms with E-state index in [0.29, 0.717) is 22.4 Å². The third kappa shape index (κ3) is 1.83. The van der Waals surface area contributed by atoms with Crippen LogP contribution in [0.1, 0.15) is 5.56 Å². The summed E-state index contributed by atoms with van der Waals surface area (Å²) in [6.07, 6.45) is 0.770. The SMILES string of the molecule is OCC1COc2c(Cl)cc(Cl)cc2C1. The maximum Gasteiger partial charge on any atom is 0.141 e. The number of fused-ring (bicyclic) bond motifs is 1. The highest BCUT2D eigenvalue weighted by Gasteiger charge is 2.21. The molecule has 0 spiro atoms. The highest BCUT2D eigenvalue weighted by Crippen LogP contribution is 2.36. The molecule has 76 valence electrons. The lowest BCUT2D eigenvalue weighted by Crippen LogP contribution is -2.23. The molecule has 0 bridgehead atoms. The van der Waals surface area contributed by atoms with Gasteiger partial charge in [0.05, 0.1) is 11.6 Å². The number of hydrogen-bond acceptors (Lipinski definition) is 2. The van der Waals surface area contributed by atoms with Crippen LogP contribution in [-0.2, 0) is 6.42 Å². The Morgan fingerprint density at radius 3 is 2.93 bits per heavy atom. The molecule has 1 aromatic carbocycles. The van der Waals surface area contributed by atoms with Gasteiger partial charge in [0.25, 0.3) is 0 Å². The summed E-state index contributed by atoms with van der Waals surface area (Å²) in [7, 11) is 0. The van der Waals surface area contributed by atoms with E-state index in [-0.39, 0.29) is 12.5 Å². The summed E-state index contributed by atoms with van der Waals surface area (Å²) in [6, 6.07) is 3.51. The minimum absolute atomic E-state index is 0.129. The molecule has 0 fully saturated rings. The molecule has 0 saturated heterocycles. The van der Waals surface area contributed by atoms with Crippen LogP contribution in [0.3, 0.4) is 0 Å². The van der Waals surface area contributed by atoms with Gasteiger partial charge in [0.1, 0.15) is 5.75 Å². The first-order valence-corrected chi connectivity index (χ1v) is 5.18. The fraction of sp³-hybridized carbons (Fsp3) is 0.400. The van der Waals surface area contributed by atoms with Crippen molar-refractivity contribution in [1.82, 2.24) is 0 Å². The van der Waals surface area contributed by atoms with E-state index in [4.69, 9.17) is 33.0 Å². The van der Waals surface area contributed by atoms with Gasteiger partial charge in [-0.15, -0.1) is 0 Å². The van der Waals surface area contributed by atoms with Crippen molar-refractivity contribution in [3.63, 3.8) is 0 Å². The summed E-state index contributed by atoms with van der Waals surface area (Å²) in [4.78, 5) is 0. The van der Waals surface area contributed by atoms with Gasteiger partial charge in [0, 0.05) is 17.5 Å². The number of hydrogen-bond donors (Lipinski definition) is 1. The zero-order chi connectivity index (χ0) is 10.1. The fourth-order valence-corrected chi connectivity index (χ4v) is 2.21. The monoisotopic (exact) mass is 232 g/mol. The molecule has 0 amide bonds. The van der Waals surface area contributed by atoms with Gasteiger partial charge in [-0.1, -0.05) is 23.2 Å². The van der Waals surface area contributed by atoms with Crippen LogP contribution in [0.2, 0.25) is 10.0 Å². The Balaban J connectivity index is 2.37. The van der Waals surface area contributed by atoms with Crippen molar-refractivity contribution in [2.45, 2.75) is 6.42 Å². The van der Waals surface area contributed by atoms with Gasteiger partial charge in [0.2, 0.25) is 0 Å². The lowest BCUT2D eigenvalue weighted by molar-refractivity contribution is 0.147. The molecule has 1 aromatic rings. The normalized spacial score (nSPS) is 20.1. The van der Waals surface area contributed by atoms with Gasteiger partial charge in [-0.2, -0.15) is 0 Å². The van der Waals surface area contributed by atoms with Crippen LogP contribution in [-0.4, -0.2) is 18.3 Å². The summed E-state index contributed by atoms with van der Waals surface area (Å²) < 4.78 is 5.46. The molecule has 1 atom stereocenters. The molecule has 2 nitrogen and oxygen atoms in total. The molecular weight excluding hydrogens is 223 g/mol. The molecular formula is C10H10Cl2O2. The molecule has 0 aliphatic carbocycles. The summed E-state index contributed by atoms with van der Waals surface area (Å²) in [6.45, 7) is 0.647. The maximum absolute atomic E-state index is 9.01. The topological polar surface area (TPSA) is 29.5 Å². The molecule has 0 radical (unpaired) electrons. The second-order valence-electron chi connectivity index (χ2n) is 3.44. The third-order valence-electron chi connectivity index (χ3n) is 2.32. The number of aliphatic hydroxyl groups excluding tert-OH is 1. The summed E-state index contributed by atoms with van der Waals surface area (Å²) in [5.74, 6) is 0.859. The van der Waals surface area contributed by atoms with Crippen molar-refractivity contribution in [2.24, 2.45) is 5.92 Å². The van der Waals surface area contributed by atoms with Crippen LogP contribution in [0, 0.1) is 5.92 Å². The number of halogens is 2. The van der Waals surface area contributed by atoms with Crippen molar-refractivity contribution in [3.05, 3.63) is 27.7 Å². The van der Waals surface area contributed by atoms with E-state index in [0.717, 1.165) is 12.0 Å². The molecule has 2 rings (SSSR count). The predicted molar refractivity (Wildman–Crippen MR) is 56.2 cm³/mol. The molecule has 0 saturated carbocycles. The van der Waals surface area contributed by atoms with Gasteiger partial charge in [-0.05, 0) is 24.1 Å². The average molecular weight is 233 g/mol. The van der Waals surface area contributed by atoms with Gasteiger partial charge in [-0.3, -0.25) is 0 Å². The Bertz CT molecular complexity index is 352. The number of ether oxygens (including phenoxy) is 1. The average Bonchev–Trinajstić information content (AvgIpc) is 2.16. The summed E-state index contributed by atoms with van der Waals surface area (Å²) >= 11 is 11.8. The largest absolute Gasteiger partial charge is 0.491 e. The predicted octanol–water partition coefficient (Wildman–Crippen LogP) is 2.54. The highest BCUT2D eigenvalue weighted by atomic mass is 35.5. The standard InChI is InChI=1S/C10H10Cl2O2/c11-8-2-7-1-6(4-13)5-14-10(7)9(12)3-8/h2-3,6,13H,1,4-5H2. The van der Waals surface area contributed by atoms with E-state index in [1.807, 2.05) is 6.07 Å². The Morgan fingerprint density at radius 1 is 1.43 bits per heavy atom. The lowest BCUT2D eigenvalue weighted by atomic mass is 9.97. The molecule has 1 unspecified atom stereocenters. The number of aliphatic hydroxyl groups is 1. The minimum atomic E-state index is 0.129. The van der Waals surface area contributed by atoms with Crippen LogP contribution >= 0.6 is 23.2 Å². The zero-order valence-corrected chi connectivity index (χ0v) is 8.98. The molecule has 14 heavy (non-hydrogen) atoms. The van der Waals surface area contributed by atoms with E-state index < -0.39 is 0 Å². The highest BCUT2D eigenvalue weighted by molar-refractivity contribution is 6.35. The molecule has 1 aliphatic heterocycles. The Kier molecular flexibility index (Phi) is 2.86. The smallest absolute Gasteiger partial charge is 0.141 e. The Labute approximate surface area is 92.4 Å². The van der Waals surface area contributed by atoms with Crippen LogP contribution in [0.4, 0.5) is 0 Å².